The lowest BCUT2D eigenvalue weighted by molar-refractivity contribution is -0.137. The van der Waals surface area contributed by atoms with Crippen molar-refractivity contribution >= 4 is 10.9 Å². The Balaban J connectivity index is 2.75. The van der Waals surface area contributed by atoms with Crippen molar-refractivity contribution in [1.82, 2.24) is 4.79 Å². The predicted molar refractivity (Wildman–Crippen MR) is 49.7 cm³/mol. The molecule has 0 fully saturated rings. The van der Waals surface area contributed by atoms with Gasteiger partial charge in [0.05, 0.1) is 11.1 Å². The van der Waals surface area contributed by atoms with Crippen LogP contribution in [0.1, 0.15) is 5.56 Å². The molecule has 0 bridgehead atoms. The SMILES string of the molecule is O=c1ccc2cc(C(F)(F)F)ccc2n1F. The number of halogens is 4. The van der Waals surface area contributed by atoms with Crippen LogP contribution in [0.4, 0.5) is 17.7 Å². The van der Waals surface area contributed by atoms with Gasteiger partial charge in [0.1, 0.15) is 0 Å². The number of rotatable bonds is 0. The van der Waals surface area contributed by atoms with Crippen LogP contribution in [0.3, 0.4) is 0 Å². The Bertz CT molecular complexity index is 600. The number of hydrogen-bond donors (Lipinski definition) is 0. The molecular formula is C10H5F4NO. The first-order chi connectivity index (χ1) is 7.39. The number of nitrogens with zero attached hydrogens (tertiary/aromatic N) is 1. The molecule has 0 saturated heterocycles. The van der Waals surface area contributed by atoms with Gasteiger partial charge in [-0.1, -0.05) is 4.48 Å². The Morgan fingerprint density at radius 2 is 1.75 bits per heavy atom. The molecule has 0 aliphatic carbocycles. The second kappa shape index (κ2) is 3.33. The maximum Gasteiger partial charge on any atom is 0.416 e. The summed E-state index contributed by atoms with van der Waals surface area (Å²) in [5.41, 5.74) is -1.97. The van der Waals surface area contributed by atoms with Crippen molar-refractivity contribution in [3.8, 4) is 0 Å². The maximum absolute atomic E-state index is 13.1. The fraction of sp³-hybridized carbons (Fsp3) is 0.100. The molecule has 2 rings (SSSR count). The Morgan fingerprint density at radius 1 is 1.06 bits per heavy atom. The molecule has 16 heavy (non-hydrogen) atoms. The Hall–Kier alpha value is -1.85. The molecule has 0 saturated carbocycles. The zero-order valence-electron chi connectivity index (χ0n) is 7.75. The summed E-state index contributed by atoms with van der Waals surface area (Å²) in [6.07, 6.45) is -4.48. The molecule has 0 amide bonds. The van der Waals surface area contributed by atoms with Crippen molar-refractivity contribution in [3.63, 3.8) is 0 Å². The van der Waals surface area contributed by atoms with Gasteiger partial charge in [0, 0.05) is 11.5 Å². The molecule has 0 unspecified atom stereocenters. The predicted octanol–water partition coefficient (Wildman–Crippen LogP) is 2.75. The summed E-state index contributed by atoms with van der Waals surface area (Å²) in [6.45, 7) is 0. The number of hydrogen-bond acceptors (Lipinski definition) is 1. The Morgan fingerprint density at radius 3 is 2.38 bits per heavy atom. The van der Waals surface area contributed by atoms with E-state index in [1.165, 1.54) is 0 Å². The van der Waals surface area contributed by atoms with E-state index < -0.39 is 17.3 Å². The molecular weight excluding hydrogens is 226 g/mol. The highest BCUT2D eigenvalue weighted by Gasteiger charge is 2.30. The van der Waals surface area contributed by atoms with Crippen molar-refractivity contribution in [1.29, 1.82) is 0 Å². The van der Waals surface area contributed by atoms with Crippen LogP contribution in [0.25, 0.3) is 10.9 Å². The molecule has 1 aromatic heterocycles. The van der Waals surface area contributed by atoms with Crippen molar-refractivity contribution in [2.45, 2.75) is 6.18 Å². The summed E-state index contributed by atoms with van der Waals surface area (Å²) in [4.78, 5) is 10.7. The Labute approximate surface area is 86.7 Å². The standard InChI is InChI=1S/C10H5F4NO/c11-10(12,13)7-2-3-8-6(5-7)1-4-9(16)15(8)14/h1-5H. The van der Waals surface area contributed by atoms with Gasteiger partial charge in [-0.25, -0.2) is 0 Å². The van der Waals surface area contributed by atoms with Gasteiger partial charge < -0.3 is 0 Å². The van der Waals surface area contributed by atoms with Crippen LogP contribution < -0.4 is 5.56 Å². The van der Waals surface area contributed by atoms with E-state index in [1.54, 1.807) is 0 Å². The van der Waals surface area contributed by atoms with Crippen molar-refractivity contribution in [3.05, 3.63) is 46.2 Å². The van der Waals surface area contributed by atoms with Crippen molar-refractivity contribution in [2.24, 2.45) is 0 Å². The van der Waals surface area contributed by atoms with Crippen LogP contribution in [-0.2, 0) is 6.18 Å². The fourth-order valence-electron chi connectivity index (χ4n) is 1.39. The average molecular weight is 231 g/mol. The highest BCUT2D eigenvalue weighted by atomic mass is 19.4. The number of aromatic nitrogens is 1. The minimum Gasteiger partial charge on any atom is -0.267 e. The number of pyridine rings is 1. The summed E-state index contributed by atoms with van der Waals surface area (Å²) >= 11 is 0. The minimum absolute atomic E-state index is 0.0249. The molecule has 0 spiro atoms. The lowest BCUT2D eigenvalue weighted by Gasteiger charge is -2.07. The smallest absolute Gasteiger partial charge is 0.267 e. The van der Waals surface area contributed by atoms with E-state index in [0.717, 1.165) is 30.3 Å². The molecule has 1 heterocycles. The second-order valence-electron chi connectivity index (χ2n) is 3.22. The highest BCUT2D eigenvalue weighted by Crippen LogP contribution is 2.30. The van der Waals surface area contributed by atoms with E-state index >= 15 is 0 Å². The highest BCUT2D eigenvalue weighted by molar-refractivity contribution is 5.79. The summed E-state index contributed by atoms with van der Waals surface area (Å²) in [5, 5.41) is 0.0249. The minimum atomic E-state index is -4.48. The first-order valence-electron chi connectivity index (χ1n) is 4.29. The molecule has 1 aromatic carbocycles. The van der Waals surface area contributed by atoms with E-state index in [4.69, 9.17) is 0 Å². The van der Waals surface area contributed by atoms with Gasteiger partial charge in [0.2, 0.25) is 0 Å². The second-order valence-corrected chi connectivity index (χ2v) is 3.22. The topological polar surface area (TPSA) is 22.0 Å². The van der Waals surface area contributed by atoms with Crippen LogP contribution in [0.5, 0.6) is 0 Å². The van der Waals surface area contributed by atoms with Gasteiger partial charge in [-0.2, -0.15) is 13.2 Å². The number of benzene rings is 1. The monoisotopic (exact) mass is 231 g/mol. The lowest BCUT2D eigenvalue weighted by Crippen LogP contribution is -2.12. The molecule has 0 aliphatic rings. The van der Waals surface area contributed by atoms with Gasteiger partial charge >= 0.3 is 6.18 Å². The largest absolute Gasteiger partial charge is 0.416 e. The zero-order chi connectivity index (χ0) is 11.9. The van der Waals surface area contributed by atoms with Gasteiger partial charge in [-0.3, -0.25) is 4.79 Å². The molecule has 2 aromatic rings. The summed E-state index contributed by atoms with van der Waals surface area (Å²) < 4.78 is 50.1. The number of fused-ring (bicyclic) bond motifs is 1. The third-order valence-corrected chi connectivity index (χ3v) is 2.17. The van der Waals surface area contributed by atoms with Gasteiger partial charge in [0.25, 0.3) is 5.56 Å². The van der Waals surface area contributed by atoms with E-state index in [1.807, 2.05) is 0 Å². The van der Waals surface area contributed by atoms with Gasteiger partial charge in [0.15, 0.2) is 0 Å². The third-order valence-electron chi connectivity index (χ3n) is 2.17. The average Bonchev–Trinajstić information content (AvgIpc) is 2.22. The molecule has 84 valence electrons. The van der Waals surface area contributed by atoms with Crippen molar-refractivity contribution in [2.75, 3.05) is 0 Å². The first-order valence-corrected chi connectivity index (χ1v) is 4.29. The number of alkyl halides is 3. The van der Waals surface area contributed by atoms with Crippen LogP contribution >= 0.6 is 0 Å². The normalized spacial score (nSPS) is 12.0. The van der Waals surface area contributed by atoms with Crippen LogP contribution in [-0.4, -0.2) is 4.79 Å². The fourth-order valence-corrected chi connectivity index (χ4v) is 1.39. The summed E-state index contributed by atoms with van der Waals surface area (Å²) in [7, 11) is 0. The van der Waals surface area contributed by atoms with Gasteiger partial charge in [-0.05, 0) is 24.3 Å². The molecule has 2 nitrogen and oxygen atoms in total. The van der Waals surface area contributed by atoms with Crippen LogP contribution in [0.15, 0.2) is 35.1 Å². The maximum atomic E-state index is 13.1. The quantitative estimate of drug-likeness (QED) is 0.639. The molecule has 6 heteroatoms. The molecule has 0 radical (unpaired) electrons. The third kappa shape index (κ3) is 1.66. The zero-order valence-corrected chi connectivity index (χ0v) is 7.75. The van der Waals surface area contributed by atoms with E-state index in [2.05, 4.69) is 0 Å². The lowest BCUT2D eigenvalue weighted by atomic mass is 10.1. The first kappa shape index (κ1) is 10.7. The van der Waals surface area contributed by atoms with E-state index in [9.17, 15) is 22.4 Å². The van der Waals surface area contributed by atoms with Crippen LogP contribution in [0.2, 0.25) is 0 Å². The van der Waals surface area contributed by atoms with Crippen LogP contribution in [0, 0.1) is 0 Å². The summed E-state index contributed by atoms with van der Waals surface area (Å²) in [6, 6.07) is 4.49. The molecule has 0 N–H and O–H groups in total. The molecule has 0 atom stereocenters. The van der Waals surface area contributed by atoms with E-state index in [0.29, 0.717) is 0 Å². The summed E-state index contributed by atoms with van der Waals surface area (Å²) in [5.74, 6) is 0. The van der Waals surface area contributed by atoms with Crippen molar-refractivity contribution < 1.29 is 17.7 Å². The van der Waals surface area contributed by atoms with Gasteiger partial charge in [-0.15, -0.1) is 4.79 Å². The Kier molecular flexibility index (Phi) is 2.22. The molecule has 0 aliphatic heterocycles. The van der Waals surface area contributed by atoms with E-state index in [-0.39, 0.29) is 15.7 Å².